The molecule has 2 heterocycles. The van der Waals surface area contributed by atoms with Gasteiger partial charge in [0.25, 0.3) is 0 Å². The van der Waals surface area contributed by atoms with Gasteiger partial charge in [0.1, 0.15) is 0 Å². The van der Waals surface area contributed by atoms with Crippen LogP contribution in [0.1, 0.15) is 42.3 Å². The third-order valence-corrected chi connectivity index (χ3v) is 4.48. The maximum atomic E-state index is 12.0. The van der Waals surface area contributed by atoms with Gasteiger partial charge in [-0.2, -0.15) is 0 Å². The van der Waals surface area contributed by atoms with Crippen LogP contribution < -0.4 is 5.73 Å². The Bertz CT molecular complexity index is 414. The summed E-state index contributed by atoms with van der Waals surface area (Å²) in [6, 6.07) is 0. The monoisotopic (exact) mass is 339 g/mol. The number of piperidine rings is 1. The summed E-state index contributed by atoms with van der Waals surface area (Å²) in [6.07, 6.45) is 3.60. The summed E-state index contributed by atoms with van der Waals surface area (Å²) in [5.74, 6) is 0.678. The van der Waals surface area contributed by atoms with Crippen LogP contribution in [-0.2, 0) is 4.79 Å². The second-order valence-electron chi connectivity index (χ2n) is 4.90. The first kappa shape index (κ1) is 19.6. The van der Waals surface area contributed by atoms with Gasteiger partial charge in [0.2, 0.25) is 5.91 Å². The lowest BCUT2D eigenvalue weighted by molar-refractivity contribution is -0.132. The zero-order valence-electron chi connectivity index (χ0n) is 11.7. The van der Waals surface area contributed by atoms with Crippen LogP contribution in [0.5, 0.6) is 0 Å². The summed E-state index contributed by atoms with van der Waals surface area (Å²) in [5, 5.41) is 3.27. The summed E-state index contributed by atoms with van der Waals surface area (Å²) in [7, 11) is 0. The van der Waals surface area contributed by atoms with Crippen molar-refractivity contribution in [2.45, 2.75) is 38.5 Å². The van der Waals surface area contributed by atoms with E-state index in [-0.39, 0.29) is 30.7 Å². The quantitative estimate of drug-likeness (QED) is 0.917. The molecule has 1 aromatic rings. The van der Waals surface area contributed by atoms with Gasteiger partial charge in [-0.05, 0) is 32.7 Å². The van der Waals surface area contributed by atoms with Gasteiger partial charge < -0.3 is 10.6 Å². The van der Waals surface area contributed by atoms with Gasteiger partial charge in [-0.15, -0.1) is 36.2 Å². The fraction of sp³-hybridized carbons (Fsp3) is 0.692. The Morgan fingerprint density at radius 3 is 2.90 bits per heavy atom. The fourth-order valence-electron chi connectivity index (χ4n) is 2.38. The number of carbonyl (C=O) groups excluding carboxylic acids is 1. The number of nitrogens with zero attached hydrogens (tertiary/aromatic N) is 2. The zero-order chi connectivity index (χ0) is 13.0. The molecule has 2 N–H and O–H groups in total. The highest BCUT2D eigenvalue weighted by Crippen LogP contribution is 2.29. The van der Waals surface area contributed by atoms with E-state index in [4.69, 9.17) is 5.73 Å². The van der Waals surface area contributed by atoms with E-state index in [0.29, 0.717) is 18.9 Å². The molecule has 0 bridgehead atoms. The predicted molar refractivity (Wildman–Crippen MR) is 88.2 cm³/mol. The van der Waals surface area contributed by atoms with E-state index in [1.807, 2.05) is 11.8 Å². The smallest absolute Gasteiger partial charge is 0.222 e. The predicted octanol–water partition coefficient (Wildman–Crippen LogP) is 2.74. The number of nitrogens with two attached hydrogens (primary N) is 1. The molecule has 1 saturated heterocycles. The highest BCUT2D eigenvalue weighted by molar-refractivity contribution is 7.09. The van der Waals surface area contributed by atoms with E-state index in [1.165, 1.54) is 5.01 Å². The average Bonchev–Trinajstić information content (AvgIpc) is 2.83. The van der Waals surface area contributed by atoms with Crippen LogP contribution in [0.2, 0.25) is 0 Å². The molecule has 0 spiro atoms. The lowest BCUT2D eigenvalue weighted by atomic mass is 9.98. The summed E-state index contributed by atoms with van der Waals surface area (Å²) in [6.45, 7) is 4.34. The van der Waals surface area contributed by atoms with E-state index in [2.05, 4.69) is 10.4 Å². The van der Waals surface area contributed by atoms with Crippen molar-refractivity contribution < 1.29 is 4.79 Å². The van der Waals surface area contributed by atoms with Gasteiger partial charge >= 0.3 is 0 Å². The lowest BCUT2D eigenvalue weighted by Gasteiger charge is -2.32. The van der Waals surface area contributed by atoms with E-state index in [1.54, 1.807) is 11.3 Å². The number of halogens is 2. The molecule has 1 aliphatic heterocycles. The van der Waals surface area contributed by atoms with E-state index in [9.17, 15) is 4.79 Å². The minimum atomic E-state index is 0. The number of rotatable bonds is 4. The Morgan fingerprint density at radius 1 is 1.55 bits per heavy atom. The number of aromatic nitrogens is 1. The molecule has 1 aliphatic rings. The van der Waals surface area contributed by atoms with E-state index in [0.717, 1.165) is 38.0 Å². The van der Waals surface area contributed by atoms with Gasteiger partial charge in [0.05, 0.1) is 5.01 Å². The second kappa shape index (κ2) is 9.55. The number of aryl methyl sites for hydroxylation is 1. The molecule has 2 rings (SSSR count). The Kier molecular flexibility index (Phi) is 9.38. The normalized spacial score (nSPS) is 18.1. The summed E-state index contributed by atoms with van der Waals surface area (Å²) in [5.41, 5.74) is 6.53. The van der Waals surface area contributed by atoms with Crippen LogP contribution >= 0.6 is 36.2 Å². The molecule has 1 aromatic heterocycles. The number of amides is 1. The van der Waals surface area contributed by atoms with Crippen LogP contribution in [0, 0.1) is 6.92 Å². The number of thiazole rings is 1. The fourth-order valence-corrected chi connectivity index (χ4v) is 3.30. The van der Waals surface area contributed by atoms with Crippen molar-refractivity contribution in [1.29, 1.82) is 0 Å². The molecule has 0 aliphatic carbocycles. The first-order chi connectivity index (χ1) is 8.70. The Hall–Kier alpha value is -0.360. The van der Waals surface area contributed by atoms with Crippen molar-refractivity contribution in [3.63, 3.8) is 0 Å². The van der Waals surface area contributed by atoms with Gasteiger partial charge in [-0.3, -0.25) is 4.79 Å². The minimum absolute atomic E-state index is 0. The maximum absolute atomic E-state index is 12.0. The average molecular weight is 340 g/mol. The van der Waals surface area contributed by atoms with Gasteiger partial charge in [0.15, 0.2) is 0 Å². The lowest BCUT2D eigenvalue weighted by Crippen LogP contribution is -2.39. The first-order valence-corrected chi connectivity index (χ1v) is 7.48. The second-order valence-corrected chi connectivity index (χ2v) is 5.79. The van der Waals surface area contributed by atoms with Crippen molar-refractivity contribution in [3.05, 3.63) is 16.1 Å². The highest BCUT2D eigenvalue weighted by Gasteiger charge is 2.25. The van der Waals surface area contributed by atoms with Crippen molar-refractivity contribution in [2.75, 3.05) is 19.6 Å². The molecule has 4 nitrogen and oxygen atoms in total. The third kappa shape index (κ3) is 5.20. The Balaban J connectivity index is 0.00000180. The van der Waals surface area contributed by atoms with Crippen LogP contribution in [0.15, 0.2) is 5.38 Å². The van der Waals surface area contributed by atoms with Crippen molar-refractivity contribution in [1.82, 2.24) is 9.88 Å². The minimum Gasteiger partial charge on any atom is -0.342 e. The van der Waals surface area contributed by atoms with Gasteiger partial charge in [-0.25, -0.2) is 4.98 Å². The van der Waals surface area contributed by atoms with E-state index >= 15 is 0 Å². The number of hydrogen-bond acceptors (Lipinski definition) is 4. The third-order valence-electron chi connectivity index (χ3n) is 3.35. The molecule has 116 valence electrons. The van der Waals surface area contributed by atoms with Crippen LogP contribution in [0.3, 0.4) is 0 Å². The zero-order valence-corrected chi connectivity index (χ0v) is 14.2. The highest BCUT2D eigenvalue weighted by atomic mass is 35.5. The summed E-state index contributed by atoms with van der Waals surface area (Å²) >= 11 is 1.72. The van der Waals surface area contributed by atoms with Gasteiger partial charge in [-0.1, -0.05) is 0 Å². The molecular weight excluding hydrogens is 317 g/mol. The molecule has 20 heavy (non-hydrogen) atoms. The molecular formula is C13H23Cl2N3OS. The molecule has 1 atom stereocenters. The van der Waals surface area contributed by atoms with Crippen molar-refractivity contribution in [2.24, 2.45) is 5.73 Å². The summed E-state index contributed by atoms with van der Waals surface area (Å²) in [4.78, 5) is 18.5. The standard InChI is InChI=1S/C13H21N3OS.2ClH/c1-10-9-18-13(15-10)11-4-3-7-16(8-11)12(17)5-2-6-14;;/h9,11H,2-8,14H2,1H3;2*1H. The van der Waals surface area contributed by atoms with Crippen LogP contribution in [0.25, 0.3) is 0 Å². The number of hydrogen-bond donors (Lipinski definition) is 1. The molecule has 1 unspecified atom stereocenters. The van der Waals surface area contributed by atoms with Crippen LogP contribution in [-0.4, -0.2) is 35.4 Å². The topological polar surface area (TPSA) is 59.2 Å². The SMILES string of the molecule is Cc1csc(C2CCCN(C(=O)CCCN)C2)n1.Cl.Cl. The van der Waals surface area contributed by atoms with E-state index < -0.39 is 0 Å². The van der Waals surface area contributed by atoms with Crippen molar-refractivity contribution >= 4 is 42.1 Å². The molecule has 1 amide bonds. The number of likely N-dealkylation sites (tertiary alicyclic amines) is 1. The van der Waals surface area contributed by atoms with Gasteiger partial charge in [0, 0.05) is 36.5 Å². The maximum Gasteiger partial charge on any atom is 0.222 e. The molecule has 0 saturated carbocycles. The summed E-state index contributed by atoms with van der Waals surface area (Å²) < 4.78 is 0. The largest absolute Gasteiger partial charge is 0.342 e. The van der Waals surface area contributed by atoms with Crippen LogP contribution in [0.4, 0.5) is 0 Å². The Morgan fingerprint density at radius 2 is 2.30 bits per heavy atom. The Labute approximate surface area is 137 Å². The molecule has 0 aromatic carbocycles. The molecule has 1 fully saturated rings. The molecule has 0 radical (unpaired) electrons. The number of carbonyl (C=O) groups is 1. The molecule has 7 heteroatoms. The first-order valence-electron chi connectivity index (χ1n) is 6.60. The van der Waals surface area contributed by atoms with Crippen molar-refractivity contribution in [3.8, 4) is 0 Å².